The van der Waals surface area contributed by atoms with Crippen molar-refractivity contribution >= 4 is 0 Å². The number of hydrogen-bond acceptors (Lipinski definition) is 2. The van der Waals surface area contributed by atoms with Gasteiger partial charge in [0.05, 0.1) is 12.2 Å². The summed E-state index contributed by atoms with van der Waals surface area (Å²) in [5.74, 6) is 0.959. The Bertz CT molecular complexity index is 379. The molecule has 2 rings (SSSR count). The summed E-state index contributed by atoms with van der Waals surface area (Å²) in [6, 6.07) is 6.15. The summed E-state index contributed by atoms with van der Waals surface area (Å²) in [5.41, 5.74) is 1.68. The summed E-state index contributed by atoms with van der Waals surface area (Å²) in [6.07, 6.45) is 4.99. The molecule has 0 atom stereocenters. The van der Waals surface area contributed by atoms with Crippen molar-refractivity contribution in [2.24, 2.45) is 0 Å². The van der Waals surface area contributed by atoms with Gasteiger partial charge in [-0.15, -0.1) is 0 Å². The molecule has 94 valence electrons. The van der Waals surface area contributed by atoms with E-state index in [1.54, 1.807) is 0 Å². The van der Waals surface area contributed by atoms with Crippen LogP contribution in [-0.4, -0.2) is 11.7 Å². The van der Waals surface area contributed by atoms with Crippen LogP contribution < -0.4 is 4.74 Å². The number of aliphatic hydroxyl groups is 1. The molecule has 1 N–H and O–H groups in total. The average molecular weight is 234 g/mol. The van der Waals surface area contributed by atoms with Gasteiger partial charge in [0, 0.05) is 0 Å². The van der Waals surface area contributed by atoms with E-state index in [1.165, 1.54) is 5.56 Å². The first-order valence-corrected chi connectivity index (χ1v) is 6.68. The zero-order valence-corrected chi connectivity index (χ0v) is 10.8. The van der Waals surface area contributed by atoms with Crippen molar-refractivity contribution < 1.29 is 9.84 Å². The van der Waals surface area contributed by atoms with Crippen molar-refractivity contribution in [3.8, 4) is 5.75 Å². The molecule has 0 aromatic heterocycles. The SMILES string of the molecule is CCOc1ccc(C2(O)CCCC2)cc1CC. The van der Waals surface area contributed by atoms with Crippen LogP contribution in [0.25, 0.3) is 0 Å². The van der Waals surface area contributed by atoms with Gasteiger partial charge in [0.15, 0.2) is 0 Å². The number of benzene rings is 1. The maximum atomic E-state index is 10.6. The molecule has 2 nitrogen and oxygen atoms in total. The fraction of sp³-hybridized carbons (Fsp3) is 0.600. The minimum absolute atomic E-state index is 0.589. The Morgan fingerprint density at radius 3 is 2.53 bits per heavy atom. The lowest BCUT2D eigenvalue weighted by atomic mass is 9.90. The van der Waals surface area contributed by atoms with E-state index in [2.05, 4.69) is 13.0 Å². The minimum Gasteiger partial charge on any atom is -0.494 e. The molecule has 0 radical (unpaired) electrons. The molecule has 0 bridgehead atoms. The molecule has 1 aromatic carbocycles. The third-order valence-corrected chi connectivity index (χ3v) is 3.71. The molecular formula is C15H22O2. The molecule has 0 saturated heterocycles. The normalized spacial score (nSPS) is 18.3. The smallest absolute Gasteiger partial charge is 0.122 e. The number of aryl methyl sites for hydroxylation is 1. The fourth-order valence-corrected chi connectivity index (χ4v) is 2.69. The van der Waals surface area contributed by atoms with Crippen LogP contribution in [0, 0.1) is 0 Å². The molecule has 1 aliphatic rings. The lowest BCUT2D eigenvalue weighted by molar-refractivity contribution is 0.0443. The molecule has 1 aliphatic carbocycles. The van der Waals surface area contributed by atoms with Crippen molar-refractivity contribution in [3.05, 3.63) is 29.3 Å². The Hall–Kier alpha value is -1.02. The van der Waals surface area contributed by atoms with Crippen molar-refractivity contribution in [3.63, 3.8) is 0 Å². The van der Waals surface area contributed by atoms with Gasteiger partial charge in [-0.25, -0.2) is 0 Å². The van der Waals surface area contributed by atoms with E-state index in [1.807, 2.05) is 19.1 Å². The van der Waals surface area contributed by atoms with Crippen LogP contribution in [0.2, 0.25) is 0 Å². The second kappa shape index (κ2) is 5.09. The van der Waals surface area contributed by atoms with E-state index in [9.17, 15) is 5.11 Å². The first-order chi connectivity index (χ1) is 8.19. The maximum Gasteiger partial charge on any atom is 0.122 e. The first kappa shape index (κ1) is 12.4. The molecule has 2 heteroatoms. The van der Waals surface area contributed by atoms with Gasteiger partial charge >= 0.3 is 0 Å². The molecule has 0 spiro atoms. The van der Waals surface area contributed by atoms with Crippen molar-refractivity contribution in [1.82, 2.24) is 0 Å². The summed E-state index contributed by atoms with van der Waals surface area (Å²) in [7, 11) is 0. The van der Waals surface area contributed by atoms with E-state index in [4.69, 9.17) is 4.74 Å². The monoisotopic (exact) mass is 234 g/mol. The Morgan fingerprint density at radius 1 is 1.24 bits per heavy atom. The highest BCUT2D eigenvalue weighted by molar-refractivity contribution is 5.39. The summed E-state index contributed by atoms with van der Waals surface area (Å²) >= 11 is 0. The van der Waals surface area contributed by atoms with E-state index < -0.39 is 5.60 Å². The van der Waals surface area contributed by atoms with Crippen LogP contribution in [0.15, 0.2) is 18.2 Å². The van der Waals surface area contributed by atoms with E-state index in [0.29, 0.717) is 6.61 Å². The Labute approximate surface area is 104 Å². The van der Waals surface area contributed by atoms with E-state index >= 15 is 0 Å². The van der Waals surface area contributed by atoms with E-state index in [-0.39, 0.29) is 0 Å². The molecule has 1 aromatic rings. The lowest BCUT2D eigenvalue weighted by Gasteiger charge is -2.24. The minimum atomic E-state index is -0.589. The maximum absolute atomic E-state index is 10.6. The third-order valence-electron chi connectivity index (χ3n) is 3.71. The first-order valence-electron chi connectivity index (χ1n) is 6.68. The second-order valence-electron chi connectivity index (χ2n) is 4.85. The quantitative estimate of drug-likeness (QED) is 0.865. The van der Waals surface area contributed by atoms with Gasteiger partial charge in [-0.3, -0.25) is 0 Å². The Balaban J connectivity index is 2.30. The summed E-state index contributed by atoms with van der Waals surface area (Å²) in [4.78, 5) is 0. The van der Waals surface area contributed by atoms with Crippen LogP contribution in [0.1, 0.15) is 50.7 Å². The van der Waals surface area contributed by atoms with Gasteiger partial charge in [-0.05, 0) is 49.4 Å². The van der Waals surface area contributed by atoms with Crippen molar-refractivity contribution in [2.45, 2.75) is 51.6 Å². The Morgan fingerprint density at radius 2 is 1.94 bits per heavy atom. The number of ether oxygens (including phenoxy) is 1. The van der Waals surface area contributed by atoms with Crippen LogP contribution in [0.4, 0.5) is 0 Å². The third kappa shape index (κ3) is 2.47. The topological polar surface area (TPSA) is 29.5 Å². The van der Waals surface area contributed by atoms with Gasteiger partial charge in [0.1, 0.15) is 5.75 Å². The zero-order chi connectivity index (χ0) is 12.3. The van der Waals surface area contributed by atoms with Crippen molar-refractivity contribution in [2.75, 3.05) is 6.61 Å². The van der Waals surface area contributed by atoms with Crippen molar-refractivity contribution in [1.29, 1.82) is 0 Å². The lowest BCUT2D eigenvalue weighted by Crippen LogP contribution is -2.21. The van der Waals surface area contributed by atoms with Crippen LogP contribution in [-0.2, 0) is 12.0 Å². The fourth-order valence-electron chi connectivity index (χ4n) is 2.69. The van der Waals surface area contributed by atoms with Gasteiger partial charge in [0.25, 0.3) is 0 Å². The highest BCUT2D eigenvalue weighted by Crippen LogP contribution is 2.39. The standard InChI is InChI=1S/C15H22O2/c1-3-12-11-13(7-8-14(12)17-4-2)15(16)9-5-6-10-15/h7-8,11,16H,3-6,9-10H2,1-2H3. The van der Waals surface area contributed by atoms with Crippen LogP contribution in [0.5, 0.6) is 5.75 Å². The molecule has 0 heterocycles. The summed E-state index contributed by atoms with van der Waals surface area (Å²) < 4.78 is 5.60. The molecule has 0 aliphatic heterocycles. The summed E-state index contributed by atoms with van der Waals surface area (Å²) in [5, 5.41) is 10.6. The van der Waals surface area contributed by atoms with Crippen LogP contribution >= 0.6 is 0 Å². The van der Waals surface area contributed by atoms with Gasteiger partial charge in [0.2, 0.25) is 0 Å². The molecule has 1 fully saturated rings. The number of rotatable bonds is 4. The average Bonchev–Trinajstić information content (AvgIpc) is 2.78. The number of hydrogen-bond donors (Lipinski definition) is 1. The predicted molar refractivity (Wildman–Crippen MR) is 69.4 cm³/mol. The highest BCUT2D eigenvalue weighted by Gasteiger charge is 2.33. The zero-order valence-electron chi connectivity index (χ0n) is 10.8. The summed E-state index contributed by atoms with van der Waals surface area (Å²) in [6.45, 7) is 4.81. The van der Waals surface area contributed by atoms with Gasteiger partial charge in [-0.1, -0.05) is 25.8 Å². The molecule has 17 heavy (non-hydrogen) atoms. The van der Waals surface area contributed by atoms with Gasteiger partial charge < -0.3 is 9.84 Å². The predicted octanol–water partition coefficient (Wildman–Crippen LogP) is 3.41. The second-order valence-corrected chi connectivity index (χ2v) is 4.85. The van der Waals surface area contributed by atoms with Crippen LogP contribution in [0.3, 0.4) is 0 Å². The van der Waals surface area contributed by atoms with Gasteiger partial charge in [-0.2, -0.15) is 0 Å². The molecular weight excluding hydrogens is 212 g/mol. The highest BCUT2D eigenvalue weighted by atomic mass is 16.5. The largest absolute Gasteiger partial charge is 0.494 e. The van der Waals surface area contributed by atoms with E-state index in [0.717, 1.165) is 43.4 Å². The molecule has 0 unspecified atom stereocenters. The molecule has 0 amide bonds. The molecule has 1 saturated carbocycles. The Kier molecular flexibility index (Phi) is 3.72.